The fraction of sp³-hybridized carbons (Fsp3) is 0.438. The Hall–Kier alpha value is -1.24. The number of nitrogens with one attached hydrogen (secondary N) is 1. The highest BCUT2D eigenvalue weighted by Crippen LogP contribution is 2.67. The Kier molecular flexibility index (Phi) is 3.41. The number of H-pyrrole nitrogens is 1. The minimum atomic E-state index is -0.640. The lowest BCUT2D eigenvalue weighted by Gasteiger charge is -2.16. The van der Waals surface area contributed by atoms with Gasteiger partial charge in [0, 0.05) is 34.8 Å². The largest absolute Gasteiger partial charge is 0.334 e. The van der Waals surface area contributed by atoms with Gasteiger partial charge in [0.05, 0.1) is 5.02 Å². The van der Waals surface area contributed by atoms with Crippen LogP contribution in [0.25, 0.3) is 0 Å². The van der Waals surface area contributed by atoms with E-state index in [9.17, 15) is 8.78 Å². The summed E-state index contributed by atoms with van der Waals surface area (Å²) in [4.78, 5) is 3.22. The zero-order valence-corrected chi connectivity index (χ0v) is 13.9. The maximum Gasteiger partial charge on any atom is 0.177 e. The number of nitrogens with two attached hydrogens (primary N) is 1. The first kappa shape index (κ1) is 15.3. The highest BCUT2D eigenvalue weighted by atomic mass is 35.5. The van der Waals surface area contributed by atoms with Gasteiger partial charge in [0.1, 0.15) is 11.6 Å². The van der Waals surface area contributed by atoms with Gasteiger partial charge in [-0.3, -0.25) is 0 Å². The number of hydrogen-bond acceptors (Lipinski definition) is 2. The van der Waals surface area contributed by atoms with Crippen LogP contribution in [0.4, 0.5) is 8.78 Å². The number of imidazole rings is 1. The second-order valence-electron chi connectivity index (χ2n) is 6.40. The maximum atomic E-state index is 14.5. The molecule has 0 radical (unpaired) electrons. The summed E-state index contributed by atoms with van der Waals surface area (Å²) in [5.74, 6) is -1.08. The fourth-order valence-corrected chi connectivity index (χ4v) is 4.46. The molecule has 1 aromatic carbocycles. The molecular weight excluding hydrogens is 340 g/mol. The van der Waals surface area contributed by atoms with Crippen LogP contribution in [-0.2, 0) is 18.4 Å². The van der Waals surface area contributed by atoms with E-state index in [2.05, 4.69) is 4.98 Å². The Morgan fingerprint density at radius 1 is 1.43 bits per heavy atom. The molecule has 2 aliphatic rings. The lowest BCUT2D eigenvalue weighted by atomic mass is 9.92. The van der Waals surface area contributed by atoms with Gasteiger partial charge in [-0.2, -0.15) is 0 Å². The smallest absolute Gasteiger partial charge is 0.177 e. The van der Waals surface area contributed by atoms with Crippen molar-refractivity contribution in [2.75, 3.05) is 6.54 Å². The van der Waals surface area contributed by atoms with Crippen molar-refractivity contribution in [3.05, 3.63) is 50.5 Å². The standard InChI is InChI=1S/C16H16ClF2N3S/c17-9-3-4-10(18)12(13(9)19)16-6-8(16)14-11(2-1-5-20)21-15(23)22(14)7-16/h3-4,8H,1-2,5-7,20H2,(H,21,23)/t8?,16-/m0/s1. The van der Waals surface area contributed by atoms with E-state index in [0.29, 0.717) is 17.9 Å². The van der Waals surface area contributed by atoms with E-state index in [0.717, 1.165) is 30.7 Å². The van der Waals surface area contributed by atoms with Crippen molar-refractivity contribution in [3.63, 3.8) is 0 Å². The van der Waals surface area contributed by atoms with Gasteiger partial charge in [0.25, 0.3) is 0 Å². The molecule has 0 bridgehead atoms. The number of benzene rings is 1. The van der Waals surface area contributed by atoms with Gasteiger partial charge in [-0.05, 0) is 50.2 Å². The molecule has 1 aliphatic heterocycles. The van der Waals surface area contributed by atoms with E-state index in [1.807, 2.05) is 4.57 Å². The number of halogens is 3. The van der Waals surface area contributed by atoms with E-state index < -0.39 is 17.0 Å². The summed E-state index contributed by atoms with van der Waals surface area (Å²) < 4.78 is 31.4. The van der Waals surface area contributed by atoms with Gasteiger partial charge in [-0.1, -0.05) is 11.6 Å². The number of nitrogens with zero attached hydrogens (tertiary/aromatic N) is 1. The molecule has 1 fully saturated rings. The molecule has 0 saturated heterocycles. The van der Waals surface area contributed by atoms with Crippen LogP contribution >= 0.6 is 23.8 Å². The molecule has 2 aromatic rings. The van der Waals surface area contributed by atoms with Crippen LogP contribution < -0.4 is 5.73 Å². The molecule has 0 spiro atoms. The Morgan fingerprint density at radius 2 is 2.22 bits per heavy atom. The molecule has 0 amide bonds. The number of hydrogen-bond donors (Lipinski definition) is 2. The summed E-state index contributed by atoms with van der Waals surface area (Å²) in [6.45, 7) is 1.09. The monoisotopic (exact) mass is 355 g/mol. The summed E-state index contributed by atoms with van der Waals surface area (Å²) in [7, 11) is 0. The molecule has 1 aromatic heterocycles. The molecule has 122 valence electrons. The average molecular weight is 356 g/mol. The van der Waals surface area contributed by atoms with Gasteiger partial charge in [-0.15, -0.1) is 0 Å². The van der Waals surface area contributed by atoms with Crippen molar-refractivity contribution in [2.45, 2.75) is 37.1 Å². The average Bonchev–Trinajstić information content (AvgIpc) is 3.00. The van der Waals surface area contributed by atoms with E-state index in [1.54, 1.807) is 0 Å². The Balaban J connectivity index is 1.79. The molecule has 3 N–H and O–H groups in total. The molecule has 7 heteroatoms. The first-order valence-electron chi connectivity index (χ1n) is 7.65. The van der Waals surface area contributed by atoms with Gasteiger partial charge in [-0.25, -0.2) is 8.78 Å². The maximum absolute atomic E-state index is 14.5. The highest BCUT2D eigenvalue weighted by Gasteiger charge is 2.64. The molecule has 2 heterocycles. The summed E-state index contributed by atoms with van der Waals surface area (Å²) in [5.41, 5.74) is 7.28. The molecule has 1 saturated carbocycles. The minimum Gasteiger partial charge on any atom is -0.334 e. The van der Waals surface area contributed by atoms with Crippen molar-refractivity contribution < 1.29 is 8.78 Å². The number of rotatable bonds is 4. The zero-order chi connectivity index (χ0) is 16.4. The van der Waals surface area contributed by atoms with Crippen LogP contribution in [0, 0.1) is 16.4 Å². The van der Waals surface area contributed by atoms with E-state index in [4.69, 9.17) is 29.6 Å². The third-order valence-corrected chi connectivity index (χ3v) is 5.74. The SMILES string of the molecule is NCCCc1[nH]c(=S)n2c1C1C[C@]1(c1c(F)ccc(Cl)c1F)C2. The Labute approximate surface area is 142 Å². The summed E-state index contributed by atoms with van der Waals surface area (Å²) in [6.07, 6.45) is 2.38. The van der Waals surface area contributed by atoms with Crippen LogP contribution in [0.5, 0.6) is 0 Å². The van der Waals surface area contributed by atoms with Crippen molar-refractivity contribution in [2.24, 2.45) is 5.73 Å². The normalized spacial score (nSPS) is 24.6. The van der Waals surface area contributed by atoms with Gasteiger partial charge in [0.15, 0.2) is 4.77 Å². The van der Waals surface area contributed by atoms with E-state index in [-0.39, 0.29) is 16.5 Å². The molecule has 1 aliphatic carbocycles. The first-order chi connectivity index (χ1) is 11.0. The lowest BCUT2D eigenvalue weighted by Crippen LogP contribution is -2.17. The molecular formula is C16H16ClF2N3S. The van der Waals surface area contributed by atoms with Crippen molar-refractivity contribution in [1.82, 2.24) is 9.55 Å². The minimum absolute atomic E-state index is 0.0356. The molecule has 23 heavy (non-hydrogen) atoms. The third-order valence-electron chi connectivity index (χ3n) is 5.12. The van der Waals surface area contributed by atoms with Crippen LogP contribution in [0.1, 0.15) is 35.7 Å². The van der Waals surface area contributed by atoms with Gasteiger partial charge < -0.3 is 15.3 Å². The number of aryl methyl sites for hydroxylation is 1. The molecule has 1 unspecified atom stereocenters. The number of aromatic amines is 1. The van der Waals surface area contributed by atoms with E-state index >= 15 is 0 Å². The van der Waals surface area contributed by atoms with Crippen LogP contribution in [0.2, 0.25) is 5.02 Å². The highest BCUT2D eigenvalue weighted by molar-refractivity contribution is 7.71. The predicted octanol–water partition coefficient (Wildman–Crippen LogP) is 3.81. The van der Waals surface area contributed by atoms with Crippen molar-refractivity contribution >= 4 is 23.8 Å². The number of aromatic nitrogens is 2. The predicted molar refractivity (Wildman–Crippen MR) is 87.4 cm³/mol. The van der Waals surface area contributed by atoms with E-state index in [1.165, 1.54) is 12.1 Å². The number of fused-ring (bicyclic) bond motifs is 3. The third kappa shape index (κ3) is 2.05. The second kappa shape index (κ2) is 5.13. The second-order valence-corrected chi connectivity index (χ2v) is 7.20. The summed E-state index contributed by atoms with van der Waals surface area (Å²) in [6, 6.07) is 2.51. The Bertz CT molecular complexity index is 860. The van der Waals surface area contributed by atoms with Crippen LogP contribution in [0.3, 0.4) is 0 Å². The molecule has 4 rings (SSSR count). The molecule has 3 nitrogen and oxygen atoms in total. The lowest BCUT2D eigenvalue weighted by molar-refractivity contribution is 0.487. The van der Waals surface area contributed by atoms with Crippen LogP contribution in [-0.4, -0.2) is 16.1 Å². The summed E-state index contributed by atoms with van der Waals surface area (Å²) in [5, 5.41) is -0.0356. The fourth-order valence-electron chi connectivity index (χ4n) is 4.02. The van der Waals surface area contributed by atoms with Crippen molar-refractivity contribution in [1.29, 1.82) is 0 Å². The molecule has 2 atom stereocenters. The van der Waals surface area contributed by atoms with Crippen LogP contribution in [0.15, 0.2) is 12.1 Å². The Morgan fingerprint density at radius 3 is 2.96 bits per heavy atom. The summed E-state index contributed by atoms with van der Waals surface area (Å²) >= 11 is 11.2. The van der Waals surface area contributed by atoms with Gasteiger partial charge in [0.2, 0.25) is 0 Å². The first-order valence-corrected chi connectivity index (χ1v) is 8.44. The van der Waals surface area contributed by atoms with Crippen molar-refractivity contribution in [3.8, 4) is 0 Å². The van der Waals surface area contributed by atoms with Gasteiger partial charge >= 0.3 is 0 Å². The zero-order valence-electron chi connectivity index (χ0n) is 12.3. The topological polar surface area (TPSA) is 46.7 Å². The quantitative estimate of drug-likeness (QED) is 0.647.